The van der Waals surface area contributed by atoms with E-state index < -0.39 is 0 Å². The van der Waals surface area contributed by atoms with Gasteiger partial charge in [-0.15, -0.1) is 6.58 Å². The molecule has 0 atom stereocenters. The fraction of sp³-hybridized carbons (Fsp3) is 0.375. The van der Waals surface area contributed by atoms with Crippen molar-refractivity contribution in [1.82, 2.24) is 9.88 Å². The van der Waals surface area contributed by atoms with Gasteiger partial charge in [-0.05, 0) is 18.1 Å². The van der Waals surface area contributed by atoms with Crippen molar-refractivity contribution in [3.63, 3.8) is 0 Å². The average Bonchev–Trinajstić information content (AvgIpc) is 2.75. The number of fused-ring (bicyclic) bond motifs is 1. The fourth-order valence-electron chi connectivity index (χ4n) is 2.20. The summed E-state index contributed by atoms with van der Waals surface area (Å²) in [7, 11) is 2.09. The number of nitrogens with zero attached hydrogens (tertiary/aromatic N) is 1. The molecule has 2 aromatic rings. The molecule has 1 N–H and O–H groups in total. The van der Waals surface area contributed by atoms with Crippen LogP contribution in [0.25, 0.3) is 10.9 Å². The van der Waals surface area contributed by atoms with Crippen LogP contribution in [0.3, 0.4) is 0 Å². The number of ether oxygens (including phenoxy) is 1. The summed E-state index contributed by atoms with van der Waals surface area (Å²) in [5, 5.41) is 4.74. The summed E-state index contributed by atoms with van der Waals surface area (Å²) in [5.41, 5.74) is 2.62. The minimum Gasteiger partial charge on any atom is -0.380 e. The van der Waals surface area contributed by atoms with Crippen LogP contribution in [-0.4, -0.2) is 24.3 Å². The summed E-state index contributed by atoms with van der Waals surface area (Å²) >= 11 is 0. The number of aryl methyl sites for hydroxylation is 1. The SMILES string of the molecule is C=CCCOCCNCc1cn(C)c2ccccc12. The third-order valence-corrected chi connectivity index (χ3v) is 3.18. The maximum Gasteiger partial charge on any atom is 0.0591 e. The molecule has 1 aromatic heterocycles. The smallest absolute Gasteiger partial charge is 0.0591 e. The summed E-state index contributed by atoms with van der Waals surface area (Å²) in [4.78, 5) is 0. The Morgan fingerprint density at radius 3 is 3.00 bits per heavy atom. The van der Waals surface area contributed by atoms with Gasteiger partial charge in [-0.3, -0.25) is 0 Å². The summed E-state index contributed by atoms with van der Waals surface area (Å²) in [6, 6.07) is 8.49. The summed E-state index contributed by atoms with van der Waals surface area (Å²) < 4.78 is 7.64. The van der Waals surface area contributed by atoms with Gasteiger partial charge in [-0.25, -0.2) is 0 Å². The second-order valence-electron chi connectivity index (χ2n) is 4.65. The van der Waals surface area contributed by atoms with E-state index >= 15 is 0 Å². The number of hydrogen-bond acceptors (Lipinski definition) is 2. The minimum absolute atomic E-state index is 0.749. The fourth-order valence-corrected chi connectivity index (χ4v) is 2.20. The maximum atomic E-state index is 5.47. The van der Waals surface area contributed by atoms with Crippen molar-refractivity contribution < 1.29 is 4.74 Å². The Labute approximate surface area is 114 Å². The maximum absolute atomic E-state index is 5.47. The average molecular weight is 258 g/mol. The van der Waals surface area contributed by atoms with Crippen LogP contribution in [0.15, 0.2) is 43.1 Å². The zero-order valence-electron chi connectivity index (χ0n) is 11.6. The third kappa shape index (κ3) is 3.69. The Hall–Kier alpha value is -1.58. The lowest BCUT2D eigenvalue weighted by Gasteiger charge is -2.04. The molecule has 0 aliphatic heterocycles. The molecular weight excluding hydrogens is 236 g/mol. The highest BCUT2D eigenvalue weighted by atomic mass is 16.5. The van der Waals surface area contributed by atoms with E-state index in [4.69, 9.17) is 4.74 Å². The van der Waals surface area contributed by atoms with Crippen LogP contribution >= 0.6 is 0 Å². The monoisotopic (exact) mass is 258 g/mol. The molecular formula is C16H22N2O. The molecule has 1 heterocycles. The Morgan fingerprint density at radius 1 is 1.32 bits per heavy atom. The van der Waals surface area contributed by atoms with E-state index in [9.17, 15) is 0 Å². The van der Waals surface area contributed by atoms with Crippen LogP contribution in [0.5, 0.6) is 0 Å². The molecule has 2 rings (SSSR count). The summed E-state index contributed by atoms with van der Waals surface area (Å²) in [6.45, 7) is 6.94. The van der Waals surface area contributed by atoms with E-state index in [1.165, 1.54) is 16.5 Å². The van der Waals surface area contributed by atoms with Crippen molar-refractivity contribution in [1.29, 1.82) is 0 Å². The Balaban J connectivity index is 1.80. The minimum atomic E-state index is 0.749. The topological polar surface area (TPSA) is 26.2 Å². The summed E-state index contributed by atoms with van der Waals surface area (Å²) in [5.74, 6) is 0. The van der Waals surface area contributed by atoms with Gasteiger partial charge in [-0.1, -0.05) is 24.3 Å². The molecule has 0 unspecified atom stereocenters. The van der Waals surface area contributed by atoms with Gasteiger partial charge in [0.15, 0.2) is 0 Å². The predicted octanol–water partition coefficient (Wildman–Crippen LogP) is 2.86. The molecule has 0 spiro atoms. The molecule has 1 aromatic carbocycles. The van der Waals surface area contributed by atoms with Crippen LogP contribution in [0.2, 0.25) is 0 Å². The van der Waals surface area contributed by atoms with Crippen LogP contribution in [0.4, 0.5) is 0 Å². The van der Waals surface area contributed by atoms with E-state index in [-0.39, 0.29) is 0 Å². The number of hydrogen-bond donors (Lipinski definition) is 1. The van der Waals surface area contributed by atoms with Crippen molar-refractivity contribution >= 4 is 10.9 Å². The molecule has 0 aliphatic rings. The van der Waals surface area contributed by atoms with E-state index in [0.29, 0.717) is 0 Å². The van der Waals surface area contributed by atoms with E-state index in [2.05, 4.69) is 54.0 Å². The Bertz CT molecular complexity index is 531. The summed E-state index contributed by atoms with van der Waals surface area (Å²) in [6.07, 6.45) is 4.99. The van der Waals surface area contributed by atoms with Crippen molar-refractivity contribution in [2.75, 3.05) is 19.8 Å². The second-order valence-corrected chi connectivity index (χ2v) is 4.65. The van der Waals surface area contributed by atoms with E-state index in [1.807, 2.05) is 6.08 Å². The van der Waals surface area contributed by atoms with Gasteiger partial charge in [0, 0.05) is 37.2 Å². The Morgan fingerprint density at radius 2 is 2.16 bits per heavy atom. The quantitative estimate of drug-likeness (QED) is 0.582. The first kappa shape index (κ1) is 13.8. The normalized spacial score (nSPS) is 11.0. The van der Waals surface area contributed by atoms with Gasteiger partial charge in [-0.2, -0.15) is 0 Å². The number of rotatable bonds is 8. The molecule has 0 radical (unpaired) electrons. The van der Waals surface area contributed by atoms with E-state index in [0.717, 1.165) is 32.7 Å². The standard InChI is InChI=1S/C16H22N2O/c1-3-4-10-19-11-9-17-12-14-13-18(2)16-8-6-5-7-15(14)16/h3,5-8,13,17H,1,4,9-12H2,2H3. The highest BCUT2D eigenvalue weighted by Crippen LogP contribution is 2.19. The highest BCUT2D eigenvalue weighted by Gasteiger charge is 2.04. The molecule has 0 bridgehead atoms. The van der Waals surface area contributed by atoms with Crippen molar-refractivity contribution in [2.24, 2.45) is 7.05 Å². The van der Waals surface area contributed by atoms with Gasteiger partial charge in [0.2, 0.25) is 0 Å². The molecule has 19 heavy (non-hydrogen) atoms. The second kappa shape index (κ2) is 7.12. The lowest BCUT2D eigenvalue weighted by molar-refractivity contribution is 0.140. The van der Waals surface area contributed by atoms with Crippen LogP contribution < -0.4 is 5.32 Å². The lowest BCUT2D eigenvalue weighted by Crippen LogP contribution is -2.19. The van der Waals surface area contributed by atoms with Crippen LogP contribution in [0.1, 0.15) is 12.0 Å². The first-order valence-corrected chi connectivity index (χ1v) is 6.75. The zero-order chi connectivity index (χ0) is 13.5. The molecule has 3 heteroatoms. The molecule has 0 amide bonds. The highest BCUT2D eigenvalue weighted by molar-refractivity contribution is 5.83. The van der Waals surface area contributed by atoms with E-state index in [1.54, 1.807) is 0 Å². The van der Waals surface area contributed by atoms with Crippen LogP contribution in [-0.2, 0) is 18.3 Å². The van der Waals surface area contributed by atoms with Gasteiger partial charge in [0.1, 0.15) is 0 Å². The van der Waals surface area contributed by atoms with Crippen LogP contribution in [0, 0.1) is 0 Å². The van der Waals surface area contributed by atoms with Gasteiger partial charge in [0.25, 0.3) is 0 Å². The number of benzene rings is 1. The molecule has 0 saturated carbocycles. The van der Waals surface area contributed by atoms with Gasteiger partial charge in [0.05, 0.1) is 13.2 Å². The molecule has 0 aliphatic carbocycles. The number of aromatic nitrogens is 1. The molecule has 102 valence electrons. The number of para-hydroxylation sites is 1. The largest absolute Gasteiger partial charge is 0.380 e. The van der Waals surface area contributed by atoms with Crippen molar-refractivity contribution in [2.45, 2.75) is 13.0 Å². The number of nitrogens with one attached hydrogen (secondary N) is 1. The molecule has 3 nitrogen and oxygen atoms in total. The first-order chi connectivity index (χ1) is 9.33. The van der Waals surface area contributed by atoms with Gasteiger partial charge < -0.3 is 14.6 Å². The van der Waals surface area contributed by atoms with Crippen molar-refractivity contribution in [3.05, 3.63) is 48.7 Å². The Kier molecular flexibility index (Phi) is 5.19. The zero-order valence-corrected chi connectivity index (χ0v) is 11.6. The van der Waals surface area contributed by atoms with Gasteiger partial charge >= 0.3 is 0 Å². The van der Waals surface area contributed by atoms with Crippen molar-refractivity contribution in [3.8, 4) is 0 Å². The first-order valence-electron chi connectivity index (χ1n) is 6.75. The third-order valence-electron chi connectivity index (χ3n) is 3.18. The molecule has 0 fully saturated rings. The lowest BCUT2D eigenvalue weighted by atomic mass is 10.2. The molecule has 0 saturated heterocycles. The predicted molar refractivity (Wildman–Crippen MR) is 80.3 cm³/mol.